The maximum absolute atomic E-state index is 13.7. The highest BCUT2D eigenvalue weighted by atomic mass is 19.2. The van der Waals surface area contributed by atoms with Crippen LogP contribution < -0.4 is 0 Å². The zero-order valence-corrected chi connectivity index (χ0v) is 13.9. The van der Waals surface area contributed by atoms with Crippen LogP contribution in [0.15, 0.2) is 18.2 Å². The lowest BCUT2D eigenvalue weighted by molar-refractivity contribution is -0.130. The lowest BCUT2D eigenvalue weighted by Crippen LogP contribution is -2.37. The Morgan fingerprint density at radius 3 is 2.71 bits per heavy atom. The molecule has 0 saturated carbocycles. The Balaban J connectivity index is 1.68. The van der Waals surface area contributed by atoms with Gasteiger partial charge in [-0.05, 0) is 44.5 Å². The maximum Gasteiger partial charge on any atom is 0.227 e. The van der Waals surface area contributed by atoms with Crippen molar-refractivity contribution in [2.45, 2.75) is 31.7 Å². The average molecular weight is 332 g/mol. The molecule has 2 aliphatic heterocycles. The fourth-order valence-electron chi connectivity index (χ4n) is 3.49. The van der Waals surface area contributed by atoms with Crippen molar-refractivity contribution in [2.75, 3.05) is 26.7 Å². The molecule has 0 radical (unpaired) electrons. The van der Waals surface area contributed by atoms with Crippen molar-refractivity contribution in [1.29, 1.82) is 0 Å². The molecule has 2 heterocycles. The van der Waals surface area contributed by atoms with E-state index in [9.17, 15) is 13.6 Å². The predicted molar refractivity (Wildman–Crippen MR) is 88.2 cm³/mol. The van der Waals surface area contributed by atoms with Crippen molar-refractivity contribution in [1.82, 2.24) is 9.80 Å². The number of benzene rings is 1. The Kier molecular flexibility index (Phi) is 5.15. The van der Waals surface area contributed by atoms with Gasteiger partial charge in [-0.1, -0.05) is 24.3 Å². The summed E-state index contributed by atoms with van der Waals surface area (Å²) in [6, 6.07) is 3.72. The molecule has 2 atom stereocenters. The molecule has 1 aromatic rings. The second-order valence-corrected chi connectivity index (χ2v) is 6.63. The van der Waals surface area contributed by atoms with Gasteiger partial charge in [0.25, 0.3) is 0 Å². The fourth-order valence-corrected chi connectivity index (χ4v) is 3.49. The van der Waals surface area contributed by atoms with Crippen LogP contribution in [-0.2, 0) is 4.79 Å². The number of halogens is 2. The van der Waals surface area contributed by atoms with Gasteiger partial charge in [-0.3, -0.25) is 4.79 Å². The molecule has 3 rings (SSSR count). The first-order chi connectivity index (χ1) is 11.6. The van der Waals surface area contributed by atoms with Crippen molar-refractivity contribution >= 4 is 5.91 Å². The molecule has 0 N–H and O–H groups in total. The maximum atomic E-state index is 13.7. The number of nitrogens with zero attached hydrogens (tertiary/aromatic N) is 2. The summed E-state index contributed by atoms with van der Waals surface area (Å²) in [7, 11) is 1.74. The number of rotatable bonds is 2. The van der Waals surface area contributed by atoms with Gasteiger partial charge in [0.05, 0.1) is 17.5 Å². The van der Waals surface area contributed by atoms with Crippen molar-refractivity contribution in [3.63, 3.8) is 0 Å². The molecule has 2 aliphatic rings. The van der Waals surface area contributed by atoms with Crippen molar-refractivity contribution < 1.29 is 13.6 Å². The van der Waals surface area contributed by atoms with Crippen molar-refractivity contribution in [3.05, 3.63) is 35.4 Å². The Morgan fingerprint density at radius 1 is 1.21 bits per heavy atom. The summed E-state index contributed by atoms with van der Waals surface area (Å²) in [5.41, 5.74) is 0.0373. The molecular weight excluding hydrogens is 310 g/mol. The summed E-state index contributed by atoms with van der Waals surface area (Å²) in [5.74, 6) is 3.86. The average Bonchev–Trinajstić information content (AvgIpc) is 2.85. The van der Waals surface area contributed by atoms with Gasteiger partial charge in [-0.2, -0.15) is 0 Å². The lowest BCUT2D eigenvalue weighted by Gasteiger charge is -2.28. The van der Waals surface area contributed by atoms with E-state index in [4.69, 9.17) is 0 Å². The third kappa shape index (κ3) is 3.59. The summed E-state index contributed by atoms with van der Waals surface area (Å²) in [5, 5.41) is 0. The van der Waals surface area contributed by atoms with Crippen LogP contribution >= 0.6 is 0 Å². The molecule has 2 unspecified atom stereocenters. The third-order valence-corrected chi connectivity index (χ3v) is 4.92. The van der Waals surface area contributed by atoms with Gasteiger partial charge in [0.2, 0.25) is 5.91 Å². The summed E-state index contributed by atoms with van der Waals surface area (Å²) < 4.78 is 26.9. The van der Waals surface area contributed by atoms with Gasteiger partial charge in [0.15, 0.2) is 11.6 Å². The van der Waals surface area contributed by atoms with Gasteiger partial charge in [-0.25, -0.2) is 8.78 Å². The van der Waals surface area contributed by atoms with E-state index in [1.165, 1.54) is 31.4 Å². The topological polar surface area (TPSA) is 23.6 Å². The monoisotopic (exact) mass is 332 g/mol. The molecule has 0 aromatic heterocycles. The molecule has 0 bridgehead atoms. The number of likely N-dealkylation sites (tertiary alicyclic amines) is 2. The van der Waals surface area contributed by atoms with Crippen LogP contribution in [0.2, 0.25) is 0 Å². The normalized spacial score (nSPS) is 24.8. The van der Waals surface area contributed by atoms with E-state index in [0.29, 0.717) is 6.42 Å². The number of amides is 1. The first kappa shape index (κ1) is 16.9. The minimum Gasteiger partial charge on any atom is -0.332 e. The second-order valence-electron chi connectivity index (χ2n) is 6.63. The Labute approximate surface area is 141 Å². The third-order valence-electron chi connectivity index (χ3n) is 4.92. The molecule has 24 heavy (non-hydrogen) atoms. The molecule has 3 nitrogen and oxygen atoms in total. The highest BCUT2D eigenvalue weighted by Gasteiger charge is 2.37. The first-order valence-electron chi connectivity index (χ1n) is 8.51. The number of carbonyl (C=O) groups is 1. The number of hydrogen-bond donors (Lipinski definition) is 0. The van der Waals surface area contributed by atoms with E-state index < -0.39 is 11.6 Å². The van der Waals surface area contributed by atoms with Gasteiger partial charge in [0.1, 0.15) is 0 Å². The van der Waals surface area contributed by atoms with E-state index in [2.05, 4.69) is 16.7 Å². The van der Waals surface area contributed by atoms with E-state index in [0.717, 1.165) is 25.7 Å². The molecule has 2 fully saturated rings. The van der Waals surface area contributed by atoms with Crippen LogP contribution in [0.25, 0.3) is 0 Å². The van der Waals surface area contributed by atoms with Crippen LogP contribution in [0.1, 0.15) is 31.2 Å². The van der Waals surface area contributed by atoms with Crippen LogP contribution in [0.3, 0.4) is 0 Å². The zero-order chi connectivity index (χ0) is 17.1. The van der Waals surface area contributed by atoms with Gasteiger partial charge >= 0.3 is 0 Å². The SMILES string of the molecule is CN1C(=O)C(CN2CCCCC2)CC1C#Cc1cccc(F)c1F. The summed E-state index contributed by atoms with van der Waals surface area (Å²) >= 11 is 0. The fraction of sp³-hybridized carbons (Fsp3) is 0.526. The van der Waals surface area contributed by atoms with Crippen LogP contribution in [0, 0.1) is 29.4 Å². The smallest absolute Gasteiger partial charge is 0.227 e. The summed E-state index contributed by atoms with van der Waals surface area (Å²) in [6.45, 7) is 2.88. The van der Waals surface area contributed by atoms with Gasteiger partial charge < -0.3 is 9.80 Å². The van der Waals surface area contributed by atoms with Crippen LogP contribution in [-0.4, -0.2) is 48.4 Å². The minimum absolute atomic E-state index is 0.0373. The van der Waals surface area contributed by atoms with E-state index in [1.807, 2.05) is 0 Å². The van der Waals surface area contributed by atoms with Gasteiger partial charge in [0, 0.05) is 13.6 Å². The second kappa shape index (κ2) is 7.31. The highest BCUT2D eigenvalue weighted by molar-refractivity contribution is 5.82. The Bertz CT molecular complexity index is 674. The quantitative estimate of drug-likeness (QED) is 0.778. The molecular formula is C19H22F2N2O. The Morgan fingerprint density at radius 2 is 1.96 bits per heavy atom. The number of carbonyl (C=O) groups excluding carboxylic acids is 1. The van der Waals surface area contributed by atoms with Crippen LogP contribution in [0.4, 0.5) is 8.78 Å². The Hall–Kier alpha value is -1.93. The molecule has 1 aromatic carbocycles. The number of piperidine rings is 1. The van der Waals surface area contributed by atoms with E-state index in [-0.39, 0.29) is 23.4 Å². The zero-order valence-electron chi connectivity index (χ0n) is 13.9. The van der Waals surface area contributed by atoms with Crippen LogP contribution in [0.5, 0.6) is 0 Å². The number of hydrogen-bond acceptors (Lipinski definition) is 2. The van der Waals surface area contributed by atoms with Gasteiger partial charge in [-0.15, -0.1) is 0 Å². The summed E-state index contributed by atoms with van der Waals surface area (Å²) in [4.78, 5) is 16.4. The predicted octanol–water partition coefficient (Wildman–Crippen LogP) is 2.65. The highest BCUT2D eigenvalue weighted by Crippen LogP contribution is 2.25. The lowest BCUT2D eigenvalue weighted by atomic mass is 10.0. The van der Waals surface area contributed by atoms with E-state index >= 15 is 0 Å². The minimum atomic E-state index is -0.929. The molecule has 5 heteroatoms. The van der Waals surface area contributed by atoms with Crippen molar-refractivity contribution in [2.24, 2.45) is 5.92 Å². The molecule has 128 valence electrons. The largest absolute Gasteiger partial charge is 0.332 e. The van der Waals surface area contributed by atoms with Crippen molar-refractivity contribution in [3.8, 4) is 11.8 Å². The standard InChI is InChI=1S/C19H22F2N2O/c1-22-16(9-8-14-6-5-7-17(20)18(14)21)12-15(19(22)24)13-23-10-3-2-4-11-23/h5-7,15-16H,2-4,10-13H2,1H3. The summed E-state index contributed by atoms with van der Waals surface area (Å²) in [6.07, 6.45) is 4.30. The molecule has 2 saturated heterocycles. The van der Waals surface area contributed by atoms with E-state index in [1.54, 1.807) is 11.9 Å². The molecule has 1 amide bonds. The first-order valence-corrected chi connectivity index (χ1v) is 8.51. The molecule has 0 spiro atoms. The molecule has 0 aliphatic carbocycles.